The van der Waals surface area contributed by atoms with Crippen LogP contribution in [-0.4, -0.2) is 45.0 Å². The third kappa shape index (κ3) is 4.80. The average Bonchev–Trinajstić information content (AvgIpc) is 3.17. The monoisotopic (exact) mass is 283 g/mol. The lowest BCUT2D eigenvalue weighted by molar-refractivity contribution is 0.601. The lowest BCUT2D eigenvalue weighted by Gasteiger charge is -2.22. The van der Waals surface area contributed by atoms with Crippen LogP contribution in [0.15, 0.2) is 18.5 Å². The van der Waals surface area contributed by atoms with Gasteiger partial charge in [-0.1, -0.05) is 0 Å². The molecule has 1 aromatic heterocycles. The molecule has 0 radical (unpaired) electrons. The molecule has 1 fully saturated rings. The van der Waals surface area contributed by atoms with E-state index in [1.807, 2.05) is 24.2 Å². The van der Waals surface area contributed by atoms with Crippen LogP contribution in [0.3, 0.4) is 0 Å². The van der Waals surface area contributed by atoms with Gasteiger partial charge in [0.25, 0.3) is 0 Å². The van der Waals surface area contributed by atoms with Crippen LogP contribution in [-0.2, 0) is 16.4 Å². The van der Waals surface area contributed by atoms with E-state index >= 15 is 0 Å². The quantitative estimate of drug-likeness (QED) is 0.802. The van der Waals surface area contributed by atoms with Crippen molar-refractivity contribution < 1.29 is 8.42 Å². The number of nitrogens with one attached hydrogen (secondary N) is 1. The second kappa shape index (κ2) is 5.88. The molecule has 5 nitrogen and oxygen atoms in total. The van der Waals surface area contributed by atoms with Crippen LogP contribution in [0.1, 0.15) is 18.4 Å². The first-order valence-electron chi connectivity index (χ1n) is 6.51. The SMILES string of the molecule is CN(CCS(C)(=O)=O)c1ccncc1CNC1CC1. The van der Waals surface area contributed by atoms with Crippen molar-refractivity contribution in [2.75, 3.05) is 30.5 Å². The summed E-state index contributed by atoms with van der Waals surface area (Å²) in [6, 6.07) is 2.58. The molecule has 106 valence electrons. The molecular weight excluding hydrogens is 262 g/mol. The van der Waals surface area contributed by atoms with Gasteiger partial charge in [0.2, 0.25) is 0 Å². The Balaban J connectivity index is 2.00. The molecule has 19 heavy (non-hydrogen) atoms. The molecule has 1 heterocycles. The highest BCUT2D eigenvalue weighted by atomic mass is 32.2. The van der Waals surface area contributed by atoms with Crippen molar-refractivity contribution in [2.24, 2.45) is 0 Å². The maximum atomic E-state index is 11.2. The minimum Gasteiger partial charge on any atom is -0.373 e. The number of anilines is 1. The van der Waals surface area contributed by atoms with E-state index in [1.54, 1.807) is 6.20 Å². The van der Waals surface area contributed by atoms with Gasteiger partial charge in [-0.25, -0.2) is 8.42 Å². The van der Waals surface area contributed by atoms with E-state index in [1.165, 1.54) is 19.1 Å². The zero-order valence-electron chi connectivity index (χ0n) is 11.5. The van der Waals surface area contributed by atoms with Crippen molar-refractivity contribution in [1.29, 1.82) is 0 Å². The largest absolute Gasteiger partial charge is 0.373 e. The first-order valence-corrected chi connectivity index (χ1v) is 8.57. The fraction of sp³-hybridized carbons (Fsp3) is 0.615. The number of sulfone groups is 1. The highest BCUT2D eigenvalue weighted by Crippen LogP contribution is 2.22. The molecule has 1 aliphatic rings. The van der Waals surface area contributed by atoms with Crippen molar-refractivity contribution >= 4 is 15.5 Å². The van der Waals surface area contributed by atoms with E-state index in [4.69, 9.17) is 0 Å². The fourth-order valence-electron chi connectivity index (χ4n) is 1.89. The first kappa shape index (κ1) is 14.3. The summed E-state index contributed by atoms with van der Waals surface area (Å²) in [5.41, 5.74) is 2.16. The van der Waals surface area contributed by atoms with E-state index in [2.05, 4.69) is 10.3 Å². The van der Waals surface area contributed by atoms with Crippen LogP contribution in [0.2, 0.25) is 0 Å². The maximum Gasteiger partial charge on any atom is 0.149 e. The van der Waals surface area contributed by atoms with E-state index < -0.39 is 9.84 Å². The highest BCUT2D eigenvalue weighted by molar-refractivity contribution is 7.90. The van der Waals surface area contributed by atoms with Gasteiger partial charge in [0, 0.05) is 56.1 Å². The molecule has 0 amide bonds. The second-order valence-corrected chi connectivity index (χ2v) is 7.47. The third-order valence-electron chi connectivity index (χ3n) is 3.25. The lowest BCUT2D eigenvalue weighted by Crippen LogP contribution is -2.27. The molecule has 0 spiro atoms. The van der Waals surface area contributed by atoms with Crippen LogP contribution in [0.5, 0.6) is 0 Å². The summed E-state index contributed by atoms with van der Waals surface area (Å²) >= 11 is 0. The Morgan fingerprint density at radius 1 is 1.47 bits per heavy atom. The topological polar surface area (TPSA) is 62.3 Å². The number of rotatable bonds is 7. The Kier molecular flexibility index (Phi) is 4.42. The number of aromatic nitrogens is 1. The van der Waals surface area contributed by atoms with Gasteiger partial charge < -0.3 is 10.2 Å². The second-order valence-electron chi connectivity index (χ2n) is 5.21. The smallest absolute Gasteiger partial charge is 0.149 e. The normalized spacial score (nSPS) is 15.5. The number of nitrogens with zero attached hydrogens (tertiary/aromatic N) is 2. The van der Waals surface area contributed by atoms with Crippen LogP contribution in [0.25, 0.3) is 0 Å². The molecule has 0 bridgehead atoms. The van der Waals surface area contributed by atoms with Crippen LogP contribution in [0, 0.1) is 0 Å². The maximum absolute atomic E-state index is 11.2. The summed E-state index contributed by atoms with van der Waals surface area (Å²) in [5, 5.41) is 3.46. The molecule has 1 aromatic rings. The molecular formula is C13H21N3O2S. The van der Waals surface area contributed by atoms with Gasteiger partial charge in [0.1, 0.15) is 9.84 Å². The van der Waals surface area contributed by atoms with E-state index in [0.717, 1.165) is 17.8 Å². The van der Waals surface area contributed by atoms with Gasteiger partial charge in [-0.15, -0.1) is 0 Å². The molecule has 6 heteroatoms. The van der Waals surface area contributed by atoms with Gasteiger partial charge in [-0.3, -0.25) is 4.98 Å². The molecule has 1 N–H and O–H groups in total. The summed E-state index contributed by atoms with van der Waals surface area (Å²) in [5.74, 6) is 0.168. The average molecular weight is 283 g/mol. The van der Waals surface area contributed by atoms with E-state index in [0.29, 0.717) is 12.6 Å². The van der Waals surface area contributed by atoms with Gasteiger partial charge in [0.15, 0.2) is 0 Å². The zero-order valence-corrected chi connectivity index (χ0v) is 12.3. The minimum atomic E-state index is -2.93. The van der Waals surface area contributed by atoms with Crippen LogP contribution >= 0.6 is 0 Å². The predicted molar refractivity (Wildman–Crippen MR) is 77.1 cm³/mol. The molecule has 1 aliphatic carbocycles. The number of hydrogen-bond acceptors (Lipinski definition) is 5. The van der Waals surface area contributed by atoms with Crippen molar-refractivity contribution in [3.63, 3.8) is 0 Å². The predicted octanol–water partition coefficient (Wildman–Crippen LogP) is 0.814. The van der Waals surface area contributed by atoms with Crippen molar-refractivity contribution in [2.45, 2.75) is 25.4 Å². The molecule has 0 aliphatic heterocycles. The number of pyridine rings is 1. The zero-order chi connectivity index (χ0) is 13.9. The fourth-order valence-corrected chi connectivity index (χ4v) is 2.50. The Morgan fingerprint density at radius 3 is 2.84 bits per heavy atom. The van der Waals surface area contributed by atoms with Crippen molar-refractivity contribution in [3.8, 4) is 0 Å². The Labute approximate surface area is 114 Å². The molecule has 0 saturated heterocycles. The van der Waals surface area contributed by atoms with Gasteiger partial charge in [-0.05, 0) is 18.9 Å². The van der Waals surface area contributed by atoms with Gasteiger partial charge in [0.05, 0.1) is 5.75 Å². The summed E-state index contributed by atoms with van der Waals surface area (Å²) in [4.78, 5) is 6.13. The molecule has 0 unspecified atom stereocenters. The Morgan fingerprint density at radius 2 is 2.21 bits per heavy atom. The lowest BCUT2D eigenvalue weighted by atomic mass is 10.2. The third-order valence-corrected chi connectivity index (χ3v) is 4.17. The van der Waals surface area contributed by atoms with Crippen LogP contribution < -0.4 is 10.2 Å². The molecule has 1 saturated carbocycles. The summed E-state index contributed by atoms with van der Waals surface area (Å²) in [6.45, 7) is 1.29. The molecule has 2 rings (SSSR count). The molecule has 0 atom stereocenters. The summed E-state index contributed by atoms with van der Waals surface area (Å²) < 4.78 is 22.4. The van der Waals surface area contributed by atoms with Crippen molar-refractivity contribution in [3.05, 3.63) is 24.0 Å². The summed E-state index contributed by atoms with van der Waals surface area (Å²) in [7, 11) is -1.01. The van der Waals surface area contributed by atoms with E-state index in [-0.39, 0.29) is 5.75 Å². The number of hydrogen-bond donors (Lipinski definition) is 1. The minimum absolute atomic E-state index is 0.168. The standard InChI is InChI=1S/C13H21N3O2S/c1-16(7-8-19(2,17)18)13-5-6-14-9-11(13)10-15-12-3-4-12/h5-6,9,12,15H,3-4,7-8,10H2,1-2H3. The van der Waals surface area contributed by atoms with Gasteiger partial charge in [-0.2, -0.15) is 0 Å². The first-order chi connectivity index (χ1) is 8.96. The molecule has 0 aromatic carbocycles. The highest BCUT2D eigenvalue weighted by Gasteiger charge is 2.20. The van der Waals surface area contributed by atoms with E-state index in [9.17, 15) is 8.42 Å². The Hall–Kier alpha value is -1.14. The van der Waals surface area contributed by atoms with Crippen molar-refractivity contribution in [1.82, 2.24) is 10.3 Å². The Bertz CT molecular complexity index is 526. The van der Waals surface area contributed by atoms with Crippen LogP contribution in [0.4, 0.5) is 5.69 Å². The summed E-state index contributed by atoms with van der Waals surface area (Å²) in [6.07, 6.45) is 7.36. The van der Waals surface area contributed by atoms with Gasteiger partial charge >= 0.3 is 0 Å².